The highest BCUT2D eigenvalue weighted by atomic mass is 14.9. The highest BCUT2D eigenvalue weighted by Gasteiger charge is 2.50. The fourth-order valence-corrected chi connectivity index (χ4v) is 6.28. The van der Waals surface area contributed by atoms with E-state index >= 15 is 0 Å². The molecule has 1 saturated heterocycles. The predicted molar refractivity (Wildman–Crippen MR) is 75.4 cm³/mol. The summed E-state index contributed by atoms with van der Waals surface area (Å²) in [6.07, 6.45) is 15.7. The minimum atomic E-state index is 0.833. The molecule has 5 fully saturated rings. The zero-order valence-electron chi connectivity index (χ0n) is 11.8. The van der Waals surface area contributed by atoms with Crippen LogP contribution in [0.2, 0.25) is 0 Å². The van der Waals surface area contributed by atoms with Crippen LogP contribution in [0.3, 0.4) is 0 Å². The van der Waals surface area contributed by atoms with Gasteiger partial charge in [0, 0.05) is 0 Å². The molecule has 0 aromatic heterocycles. The Balaban J connectivity index is 1.38. The molecule has 0 spiro atoms. The summed E-state index contributed by atoms with van der Waals surface area (Å²) in [7, 11) is 0. The van der Waals surface area contributed by atoms with Gasteiger partial charge in [0.05, 0.1) is 0 Å². The summed E-state index contributed by atoms with van der Waals surface area (Å²) in [6, 6.07) is 0. The van der Waals surface area contributed by atoms with Crippen molar-refractivity contribution in [3.63, 3.8) is 0 Å². The maximum Gasteiger partial charge on any atom is -0.00463 e. The Bertz CT molecular complexity index is 267. The lowest BCUT2D eigenvalue weighted by molar-refractivity contribution is -0.0604. The van der Waals surface area contributed by atoms with Gasteiger partial charge in [-0.2, -0.15) is 0 Å². The van der Waals surface area contributed by atoms with Gasteiger partial charge < -0.3 is 5.32 Å². The van der Waals surface area contributed by atoms with E-state index in [1.165, 1.54) is 25.9 Å². The van der Waals surface area contributed by atoms with Gasteiger partial charge in [0.2, 0.25) is 0 Å². The van der Waals surface area contributed by atoms with Gasteiger partial charge in [-0.3, -0.25) is 0 Å². The van der Waals surface area contributed by atoms with Crippen molar-refractivity contribution >= 4 is 0 Å². The average Bonchev–Trinajstić information content (AvgIpc) is 2.36. The Morgan fingerprint density at radius 3 is 1.94 bits per heavy atom. The lowest BCUT2D eigenvalue weighted by Gasteiger charge is -2.57. The molecule has 5 rings (SSSR count). The van der Waals surface area contributed by atoms with Gasteiger partial charge in [-0.05, 0) is 106 Å². The molecule has 1 nitrogen and oxygen atoms in total. The van der Waals surface area contributed by atoms with Gasteiger partial charge in [0.15, 0.2) is 0 Å². The second kappa shape index (κ2) is 4.51. The molecule has 0 amide bonds. The zero-order chi connectivity index (χ0) is 12.0. The van der Waals surface area contributed by atoms with Crippen molar-refractivity contribution in [3.05, 3.63) is 0 Å². The Morgan fingerprint density at radius 1 is 0.833 bits per heavy atom. The monoisotopic (exact) mass is 247 g/mol. The molecule has 1 N–H and O–H groups in total. The van der Waals surface area contributed by atoms with Crippen molar-refractivity contribution < 1.29 is 0 Å². The van der Waals surface area contributed by atoms with Crippen LogP contribution in [0, 0.1) is 29.1 Å². The minimum Gasteiger partial charge on any atom is -0.317 e. The van der Waals surface area contributed by atoms with Crippen molar-refractivity contribution in [2.75, 3.05) is 13.1 Å². The summed E-state index contributed by atoms with van der Waals surface area (Å²) in [5, 5.41) is 3.51. The van der Waals surface area contributed by atoms with E-state index in [4.69, 9.17) is 0 Å². The number of piperidine rings is 1. The number of hydrogen-bond donors (Lipinski definition) is 1. The molecule has 5 aliphatic rings. The van der Waals surface area contributed by atoms with Crippen LogP contribution in [-0.2, 0) is 0 Å². The second-order valence-corrected chi connectivity index (χ2v) is 8.15. The van der Waals surface area contributed by atoms with E-state index in [2.05, 4.69) is 5.32 Å². The topological polar surface area (TPSA) is 12.0 Å². The van der Waals surface area contributed by atoms with E-state index < -0.39 is 0 Å². The maximum atomic E-state index is 3.51. The summed E-state index contributed by atoms with van der Waals surface area (Å²) in [5.41, 5.74) is 0.833. The van der Waals surface area contributed by atoms with Crippen LogP contribution in [0.15, 0.2) is 0 Å². The molecule has 1 heteroatoms. The van der Waals surface area contributed by atoms with E-state index in [1.54, 1.807) is 51.4 Å². The first kappa shape index (κ1) is 11.8. The van der Waals surface area contributed by atoms with E-state index in [-0.39, 0.29) is 0 Å². The van der Waals surface area contributed by atoms with E-state index in [9.17, 15) is 0 Å². The third kappa shape index (κ3) is 2.13. The molecule has 4 aliphatic carbocycles. The Labute approximate surface area is 112 Å². The molecule has 1 aliphatic heterocycles. The summed E-state index contributed by atoms with van der Waals surface area (Å²) in [5.74, 6) is 4.48. The molecule has 4 saturated carbocycles. The van der Waals surface area contributed by atoms with Crippen LogP contribution >= 0.6 is 0 Å². The lowest BCUT2D eigenvalue weighted by atomic mass is 9.48. The van der Waals surface area contributed by atoms with Crippen LogP contribution in [0.1, 0.15) is 64.2 Å². The first-order chi connectivity index (χ1) is 8.81. The van der Waals surface area contributed by atoms with Crippen LogP contribution in [0.5, 0.6) is 0 Å². The SMILES string of the molecule is C1CC(CCC23CC4CC(CC(C4)C2)C3)CCN1. The normalized spacial score (nSPS) is 47.7. The molecule has 102 valence electrons. The summed E-state index contributed by atoms with van der Waals surface area (Å²) in [4.78, 5) is 0. The first-order valence-electron chi connectivity index (χ1n) is 8.52. The van der Waals surface area contributed by atoms with Crippen LogP contribution < -0.4 is 5.32 Å². The molecule has 0 aromatic carbocycles. The van der Waals surface area contributed by atoms with Gasteiger partial charge >= 0.3 is 0 Å². The smallest absolute Gasteiger partial charge is 0.00463 e. The van der Waals surface area contributed by atoms with Crippen molar-refractivity contribution in [1.29, 1.82) is 0 Å². The molecular formula is C17H29N. The number of nitrogens with one attached hydrogen (secondary N) is 1. The Hall–Kier alpha value is -0.0400. The minimum absolute atomic E-state index is 0.833. The van der Waals surface area contributed by atoms with Gasteiger partial charge in [-0.1, -0.05) is 0 Å². The molecule has 0 radical (unpaired) electrons. The predicted octanol–water partition coefficient (Wildman–Crippen LogP) is 3.98. The maximum absolute atomic E-state index is 3.51. The highest BCUT2D eigenvalue weighted by molar-refractivity contribution is 5.01. The van der Waals surface area contributed by atoms with Gasteiger partial charge in [0.1, 0.15) is 0 Å². The van der Waals surface area contributed by atoms with Crippen molar-refractivity contribution in [2.45, 2.75) is 64.2 Å². The average molecular weight is 247 g/mol. The molecule has 1 heterocycles. The van der Waals surface area contributed by atoms with E-state index in [1.807, 2.05) is 0 Å². The number of rotatable bonds is 3. The molecule has 18 heavy (non-hydrogen) atoms. The summed E-state index contributed by atoms with van der Waals surface area (Å²) in [6.45, 7) is 2.57. The Kier molecular flexibility index (Phi) is 2.94. The number of hydrogen-bond acceptors (Lipinski definition) is 1. The molecule has 0 aromatic rings. The Morgan fingerprint density at radius 2 is 1.39 bits per heavy atom. The molecular weight excluding hydrogens is 218 g/mol. The summed E-state index contributed by atoms with van der Waals surface area (Å²) < 4.78 is 0. The zero-order valence-corrected chi connectivity index (χ0v) is 11.8. The van der Waals surface area contributed by atoms with Crippen LogP contribution in [-0.4, -0.2) is 13.1 Å². The van der Waals surface area contributed by atoms with E-state index in [0.29, 0.717) is 0 Å². The van der Waals surface area contributed by atoms with Crippen molar-refractivity contribution in [3.8, 4) is 0 Å². The van der Waals surface area contributed by atoms with Gasteiger partial charge in [0.25, 0.3) is 0 Å². The second-order valence-electron chi connectivity index (χ2n) is 8.15. The molecule has 0 atom stereocenters. The highest BCUT2D eigenvalue weighted by Crippen LogP contribution is 2.61. The van der Waals surface area contributed by atoms with E-state index in [0.717, 1.165) is 29.1 Å². The molecule has 4 bridgehead atoms. The van der Waals surface area contributed by atoms with Crippen LogP contribution in [0.4, 0.5) is 0 Å². The van der Waals surface area contributed by atoms with Crippen molar-refractivity contribution in [2.24, 2.45) is 29.1 Å². The third-order valence-electron chi connectivity index (χ3n) is 6.71. The first-order valence-corrected chi connectivity index (χ1v) is 8.52. The quantitative estimate of drug-likeness (QED) is 0.795. The molecule has 0 unspecified atom stereocenters. The largest absolute Gasteiger partial charge is 0.317 e. The van der Waals surface area contributed by atoms with Gasteiger partial charge in [-0.25, -0.2) is 0 Å². The standard InChI is InChI=1S/C17H29N/c1(13-2-5-18-6-3-13)4-17-10-14-7-15(11-17)9-16(8-14)12-17/h13-16,18H,1-12H2. The van der Waals surface area contributed by atoms with Gasteiger partial charge in [-0.15, -0.1) is 0 Å². The fraction of sp³-hybridized carbons (Fsp3) is 1.00. The third-order valence-corrected chi connectivity index (χ3v) is 6.71. The lowest BCUT2D eigenvalue weighted by Crippen LogP contribution is -2.46. The van der Waals surface area contributed by atoms with Crippen LogP contribution in [0.25, 0.3) is 0 Å². The fourth-order valence-electron chi connectivity index (χ4n) is 6.28. The summed E-state index contributed by atoms with van der Waals surface area (Å²) >= 11 is 0. The van der Waals surface area contributed by atoms with Crippen molar-refractivity contribution in [1.82, 2.24) is 5.32 Å².